The highest BCUT2D eigenvalue weighted by Crippen LogP contribution is 2.49. The Morgan fingerprint density at radius 3 is 2.52 bits per heavy atom. The van der Waals surface area contributed by atoms with E-state index in [-0.39, 0.29) is 18.2 Å². The van der Waals surface area contributed by atoms with E-state index >= 15 is 0 Å². The van der Waals surface area contributed by atoms with Crippen LogP contribution in [-0.2, 0) is 30.8 Å². The predicted octanol–water partition coefficient (Wildman–Crippen LogP) is 1.36. The highest BCUT2D eigenvalue weighted by atomic mass is 79.9. The largest absolute Gasteiger partial charge is 0.459 e. The first kappa shape index (κ1) is 20.0. The lowest BCUT2D eigenvalue weighted by atomic mass is 9.98. The standard InChI is InChI=1S/C15H14BrClN2O7S/c1-15(7-17)11(18-12(20)10(16)13(18)27(15,24)25)14(21)26-6-8-2-4-9(5-3-8)19(22)23/h2-5,10-11,13H,6-7H2,1H3/t10-,11?,13-,15-/m0/s1. The Bertz CT molecular complexity index is 923. The van der Waals surface area contributed by atoms with E-state index in [4.69, 9.17) is 16.3 Å². The van der Waals surface area contributed by atoms with Gasteiger partial charge in [0.15, 0.2) is 21.3 Å². The number of sulfone groups is 1. The van der Waals surface area contributed by atoms with Crippen molar-refractivity contribution in [1.29, 1.82) is 0 Å². The Labute approximate surface area is 167 Å². The summed E-state index contributed by atoms with van der Waals surface area (Å²) in [5, 5.41) is 9.50. The summed E-state index contributed by atoms with van der Waals surface area (Å²) in [6.45, 7) is 1.09. The van der Waals surface area contributed by atoms with Gasteiger partial charge in [-0.25, -0.2) is 13.2 Å². The summed E-state index contributed by atoms with van der Waals surface area (Å²) in [5.74, 6) is -1.79. The molecule has 12 heteroatoms. The van der Waals surface area contributed by atoms with Crippen LogP contribution in [0, 0.1) is 10.1 Å². The number of alkyl halides is 2. The monoisotopic (exact) mass is 480 g/mol. The number of rotatable bonds is 5. The number of nitrogens with zero attached hydrogens (tertiary/aromatic N) is 2. The molecule has 0 saturated carbocycles. The number of nitro groups is 1. The van der Waals surface area contributed by atoms with Gasteiger partial charge in [-0.05, 0) is 24.6 Å². The zero-order chi connectivity index (χ0) is 20.1. The lowest BCUT2D eigenvalue weighted by molar-refractivity contribution is -0.384. The van der Waals surface area contributed by atoms with Gasteiger partial charge < -0.3 is 9.64 Å². The van der Waals surface area contributed by atoms with Crippen LogP contribution in [0.5, 0.6) is 0 Å². The maximum Gasteiger partial charge on any atom is 0.330 e. The van der Waals surface area contributed by atoms with Gasteiger partial charge in [0, 0.05) is 18.0 Å². The number of fused-ring (bicyclic) bond motifs is 1. The molecule has 0 radical (unpaired) electrons. The molecule has 1 aromatic carbocycles. The fraction of sp³-hybridized carbons (Fsp3) is 0.467. The van der Waals surface area contributed by atoms with Crippen LogP contribution in [-0.4, -0.2) is 57.0 Å². The maximum atomic E-state index is 12.8. The number of β-lactam (4-membered cyclic amide) rings is 1. The number of non-ortho nitro benzene ring substituents is 1. The number of esters is 1. The maximum absolute atomic E-state index is 12.8. The molecule has 146 valence electrons. The zero-order valence-corrected chi connectivity index (χ0v) is 17.0. The van der Waals surface area contributed by atoms with Crippen LogP contribution < -0.4 is 0 Å². The van der Waals surface area contributed by atoms with Gasteiger partial charge in [0.1, 0.15) is 16.2 Å². The van der Waals surface area contributed by atoms with Crippen LogP contribution in [0.3, 0.4) is 0 Å². The van der Waals surface area contributed by atoms with Gasteiger partial charge in [-0.15, -0.1) is 11.6 Å². The van der Waals surface area contributed by atoms with Crippen LogP contribution in [0.4, 0.5) is 5.69 Å². The van der Waals surface area contributed by atoms with Crippen molar-refractivity contribution in [3.8, 4) is 0 Å². The Kier molecular flexibility index (Phi) is 4.98. The van der Waals surface area contributed by atoms with Crippen LogP contribution in [0.2, 0.25) is 0 Å². The van der Waals surface area contributed by atoms with Crippen LogP contribution in [0.25, 0.3) is 0 Å². The van der Waals surface area contributed by atoms with E-state index in [0.29, 0.717) is 5.56 Å². The van der Waals surface area contributed by atoms with Gasteiger partial charge in [-0.3, -0.25) is 14.9 Å². The topological polar surface area (TPSA) is 124 Å². The molecule has 1 unspecified atom stereocenters. The average molecular weight is 482 g/mol. The second kappa shape index (κ2) is 6.71. The van der Waals surface area contributed by atoms with E-state index in [2.05, 4.69) is 15.9 Å². The van der Waals surface area contributed by atoms with Crippen LogP contribution in [0.15, 0.2) is 24.3 Å². The Balaban J connectivity index is 1.81. The molecule has 1 aromatic rings. The molecular formula is C15H14BrClN2O7S. The van der Waals surface area contributed by atoms with E-state index < -0.39 is 47.6 Å². The summed E-state index contributed by atoms with van der Waals surface area (Å²) in [5.41, 5.74) is 0.367. The molecule has 2 aliphatic rings. The lowest BCUT2D eigenvalue weighted by Gasteiger charge is -2.40. The number of nitro benzene ring substituents is 1. The summed E-state index contributed by atoms with van der Waals surface area (Å²) in [4.78, 5) is 34.9. The molecule has 4 atom stereocenters. The van der Waals surface area contributed by atoms with Gasteiger partial charge in [0.05, 0.1) is 4.92 Å². The molecular weight excluding hydrogens is 468 g/mol. The van der Waals surface area contributed by atoms with Gasteiger partial charge in [-0.1, -0.05) is 15.9 Å². The molecule has 9 nitrogen and oxygen atoms in total. The van der Waals surface area contributed by atoms with Crippen molar-refractivity contribution >= 4 is 54.9 Å². The Morgan fingerprint density at radius 1 is 1.41 bits per heavy atom. The number of ether oxygens (including phenoxy) is 1. The number of amides is 1. The molecule has 1 amide bonds. The number of halogens is 2. The predicted molar refractivity (Wildman–Crippen MR) is 98.1 cm³/mol. The summed E-state index contributed by atoms with van der Waals surface area (Å²) >= 11 is 8.93. The van der Waals surface area contributed by atoms with E-state index in [1.807, 2.05) is 0 Å². The van der Waals surface area contributed by atoms with Crippen molar-refractivity contribution in [3.05, 3.63) is 39.9 Å². The van der Waals surface area contributed by atoms with Gasteiger partial charge in [-0.2, -0.15) is 0 Å². The molecule has 2 aliphatic heterocycles. The highest BCUT2D eigenvalue weighted by Gasteiger charge is 2.73. The van der Waals surface area contributed by atoms with Crippen molar-refractivity contribution in [1.82, 2.24) is 4.90 Å². The van der Waals surface area contributed by atoms with Crippen LogP contribution >= 0.6 is 27.5 Å². The number of hydrogen-bond acceptors (Lipinski definition) is 7. The third-order valence-corrected chi connectivity index (χ3v) is 9.61. The molecule has 0 bridgehead atoms. The van der Waals surface area contributed by atoms with Gasteiger partial charge in [0.25, 0.3) is 5.69 Å². The lowest BCUT2D eigenvalue weighted by Crippen LogP contribution is -2.64. The quantitative estimate of drug-likeness (QED) is 0.204. The van der Waals surface area contributed by atoms with Gasteiger partial charge in [0.2, 0.25) is 5.91 Å². The smallest absolute Gasteiger partial charge is 0.330 e. The number of benzene rings is 1. The Hall–Kier alpha value is -1.72. The normalized spacial score (nSPS) is 31.1. The van der Waals surface area contributed by atoms with E-state index in [0.717, 1.165) is 4.90 Å². The summed E-state index contributed by atoms with van der Waals surface area (Å²) < 4.78 is 29.1. The molecule has 27 heavy (non-hydrogen) atoms. The van der Waals surface area contributed by atoms with E-state index in [9.17, 15) is 28.1 Å². The van der Waals surface area contributed by atoms with Crippen LogP contribution in [0.1, 0.15) is 12.5 Å². The summed E-state index contributed by atoms with van der Waals surface area (Å²) in [6, 6.07) is 4.00. The minimum atomic E-state index is -3.90. The van der Waals surface area contributed by atoms with Crippen molar-refractivity contribution in [2.75, 3.05) is 5.88 Å². The first-order valence-corrected chi connectivity index (χ1v) is 10.7. The molecule has 0 aromatic heterocycles. The molecule has 0 aliphatic carbocycles. The van der Waals surface area contributed by atoms with E-state index in [1.165, 1.54) is 31.2 Å². The third kappa shape index (κ3) is 2.83. The number of carbonyl (C=O) groups is 2. The summed E-state index contributed by atoms with van der Waals surface area (Å²) in [7, 11) is -3.90. The summed E-state index contributed by atoms with van der Waals surface area (Å²) in [6.07, 6.45) is 0. The minimum absolute atomic E-state index is 0.112. The van der Waals surface area contributed by atoms with Crippen molar-refractivity contribution < 1.29 is 27.7 Å². The first-order chi connectivity index (χ1) is 12.6. The molecule has 3 rings (SSSR count). The second-order valence-corrected chi connectivity index (χ2v) is 10.2. The van der Waals surface area contributed by atoms with E-state index in [1.54, 1.807) is 0 Å². The zero-order valence-electron chi connectivity index (χ0n) is 13.9. The SMILES string of the molecule is C[C@]1(CCl)C(C(=O)OCc2ccc([N+](=O)[O-])cc2)N2C(=O)[C@H](Br)[C@@H]2S1(=O)=O. The molecule has 0 N–H and O–H groups in total. The fourth-order valence-corrected chi connectivity index (χ4v) is 7.34. The fourth-order valence-electron chi connectivity index (χ4n) is 3.21. The average Bonchev–Trinajstić information content (AvgIpc) is 2.81. The molecule has 2 saturated heterocycles. The molecule has 2 fully saturated rings. The Morgan fingerprint density at radius 2 is 2.00 bits per heavy atom. The second-order valence-electron chi connectivity index (χ2n) is 6.46. The molecule has 0 spiro atoms. The first-order valence-electron chi connectivity index (χ1n) is 7.72. The minimum Gasteiger partial charge on any atom is -0.459 e. The molecule has 2 heterocycles. The van der Waals surface area contributed by atoms with Gasteiger partial charge >= 0.3 is 5.97 Å². The number of hydrogen-bond donors (Lipinski definition) is 0. The van der Waals surface area contributed by atoms with Crippen molar-refractivity contribution in [3.63, 3.8) is 0 Å². The third-order valence-electron chi connectivity index (χ3n) is 4.86. The number of carbonyl (C=O) groups excluding carboxylic acids is 2. The van der Waals surface area contributed by atoms with Crippen molar-refractivity contribution in [2.24, 2.45) is 0 Å². The highest BCUT2D eigenvalue weighted by molar-refractivity contribution is 9.10. The van der Waals surface area contributed by atoms with Crippen molar-refractivity contribution in [2.45, 2.75) is 34.5 Å².